The highest BCUT2D eigenvalue weighted by Crippen LogP contribution is 2.07. The van der Waals surface area contributed by atoms with Crippen molar-refractivity contribution < 1.29 is 9.90 Å². The van der Waals surface area contributed by atoms with Crippen LogP contribution in [0, 0.1) is 0 Å². The minimum Gasteiger partial charge on any atom is -0.478 e. The van der Waals surface area contributed by atoms with Gasteiger partial charge in [0.15, 0.2) is 0 Å². The van der Waals surface area contributed by atoms with Gasteiger partial charge in [-0.15, -0.1) is 0 Å². The molecule has 0 amide bonds. The van der Waals surface area contributed by atoms with Crippen LogP contribution in [0.3, 0.4) is 0 Å². The Morgan fingerprint density at radius 1 is 1.41 bits per heavy atom. The number of rotatable bonds is 4. The Hall–Kier alpha value is -2.04. The lowest BCUT2D eigenvalue weighted by molar-refractivity contribution is 0.0697. The van der Waals surface area contributed by atoms with Gasteiger partial charge < -0.3 is 9.67 Å². The molecular formula is C12H15N3O2. The van der Waals surface area contributed by atoms with E-state index in [2.05, 4.69) is 18.9 Å². The third kappa shape index (κ3) is 2.55. The van der Waals surface area contributed by atoms with Gasteiger partial charge in [0.2, 0.25) is 0 Å². The highest BCUT2D eigenvalue weighted by Gasteiger charge is 2.06. The number of hydrogen-bond acceptors (Lipinski definition) is 2. The zero-order valence-electron chi connectivity index (χ0n) is 9.87. The lowest BCUT2D eigenvalue weighted by Gasteiger charge is -2.04. The van der Waals surface area contributed by atoms with Crippen molar-refractivity contribution in [3.8, 4) is 0 Å². The second-order valence-electron chi connectivity index (χ2n) is 4.26. The third-order valence-corrected chi connectivity index (χ3v) is 2.53. The van der Waals surface area contributed by atoms with Crippen LogP contribution in [0.15, 0.2) is 30.7 Å². The Kier molecular flexibility index (Phi) is 2.99. The molecule has 0 aliphatic carbocycles. The molecule has 0 saturated carbocycles. The topological polar surface area (TPSA) is 60.0 Å². The lowest BCUT2D eigenvalue weighted by atomic mass is 10.3. The van der Waals surface area contributed by atoms with Gasteiger partial charge >= 0.3 is 5.97 Å². The monoisotopic (exact) mass is 233 g/mol. The van der Waals surface area contributed by atoms with Crippen LogP contribution in [0.25, 0.3) is 0 Å². The van der Waals surface area contributed by atoms with E-state index in [9.17, 15) is 4.79 Å². The first-order chi connectivity index (χ1) is 8.06. The summed E-state index contributed by atoms with van der Waals surface area (Å²) >= 11 is 0. The predicted molar refractivity (Wildman–Crippen MR) is 63.1 cm³/mol. The second-order valence-corrected chi connectivity index (χ2v) is 4.26. The fraction of sp³-hybridized carbons (Fsp3) is 0.333. The van der Waals surface area contributed by atoms with Gasteiger partial charge in [0.25, 0.3) is 0 Å². The molecule has 5 nitrogen and oxygen atoms in total. The Morgan fingerprint density at radius 2 is 2.18 bits per heavy atom. The van der Waals surface area contributed by atoms with E-state index in [4.69, 9.17) is 5.11 Å². The van der Waals surface area contributed by atoms with Crippen molar-refractivity contribution in [2.75, 3.05) is 0 Å². The summed E-state index contributed by atoms with van der Waals surface area (Å²) in [5, 5.41) is 13.2. The SMILES string of the molecule is CC(C)n1ccc(Cn2ccc(C(=O)O)c2)n1. The first kappa shape index (κ1) is 11.4. The smallest absolute Gasteiger partial charge is 0.337 e. The Morgan fingerprint density at radius 3 is 2.71 bits per heavy atom. The molecule has 0 atom stereocenters. The van der Waals surface area contributed by atoms with Crippen molar-refractivity contribution >= 4 is 5.97 Å². The number of hydrogen-bond donors (Lipinski definition) is 1. The molecule has 0 aliphatic rings. The van der Waals surface area contributed by atoms with Gasteiger partial charge in [-0.2, -0.15) is 5.10 Å². The van der Waals surface area contributed by atoms with Crippen LogP contribution < -0.4 is 0 Å². The largest absolute Gasteiger partial charge is 0.478 e. The first-order valence-corrected chi connectivity index (χ1v) is 5.49. The van der Waals surface area contributed by atoms with Crippen LogP contribution in [0.5, 0.6) is 0 Å². The molecule has 0 saturated heterocycles. The molecular weight excluding hydrogens is 218 g/mol. The number of aromatic nitrogens is 3. The summed E-state index contributed by atoms with van der Waals surface area (Å²) in [7, 11) is 0. The Labute approximate surface area is 99.3 Å². The van der Waals surface area contributed by atoms with Gasteiger partial charge in [0, 0.05) is 24.6 Å². The van der Waals surface area contributed by atoms with Crippen molar-refractivity contribution in [3.05, 3.63) is 42.0 Å². The number of carboxylic acids is 1. The number of aromatic carboxylic acids is 1. The molecule has 0 aliphatic heterocycles. The maximum atomic E-state index is 10.7. The molecule has 5 heteroatoms. The minimum absolute atomic E-state index is 0.299. The van der Waals surface area contributed by atoms with Crippen molar-refractivity contribution in [1.29, 1.82) is 0 Å². The molecule has 2 rings (SSSR count). The van der Waals surface area contributed by atoms with Gasteiger partial charge in [-0.3, -0.25) is 4.68 Å². The number of nitrogens with zero attached hydrogens (tertiary/aromatic N) is 3. The fourth-order valence-electron chi connectivity index (χ4n) is 1.60. The van der Waals surface area contributed by atoms with E-state index >= 15 is 0 Å². The standard InChI is InChI=1S/C12H15N3O2/c1-9(2)15-6-4-11(13-15)8-14-5-3-10(7-14)12(16)17/h3-7,9H,8H2,1-2H3,(H,16,17). The minimum atomic E-state index is -0.906. The van der Waals surface area contributed by atoms with E-state index in [1.54, 1.807) is 18.5 Å². The average molecular weight is 233 g/mol. The summed E-state index contributed by atoms with van der Waals surface area (Å²) in [5.74, 6) is -0.906. The summed E-state index contributed by atoms with van der Waals surface area (Å²) in [6.07, 6.45) is 5.29. The van der Waals surface area contributed by atoms with Crippen molar-refractivity contribution in [1.82, 2.24) is 14.3 Å². The lowest BCUT2D eigenvalue weighted by Crippen LogP contribution is -2.04. The summed E-state index contributed by atoms with van der Waals surface area (Å²) in [5.41, 5.74) is 1.22. The quantitative estimate of drug-likeness (QED) is 0.878. The molecule has 2 aromatic heterocycles. The highest BCUT2D eigenvalue weighted by atomic mass is 16.4. The van der Waals surface area contributed by atoms with E-state index in [1.807, 2.05) is 21.5 Å². The van der Waals surface area contributed by atoms with Gasteiger partial charge in [0.05, 0.1) is 17.8 Å². The normalized spacial score (nSPS) is 11.0. The predicted octanol–water partition coefficient (Wildman–Crippen LogP) is 2.01. The molecule has 17 heavy (non-hydrogen) atoms. The van der Waals surface area contributed by atoms with Crippen LogP contribution in [0.2, 0.25) is 0 Å². The van der Waals surface area contributed by atoms with E-state index in [1.165, 1.54) is 0 Å². The van der Waals surface area contributed by atoms with Crippen LogP contribution in [0.1, 0.15) is 35.9 Å². The van der Waals surface area contributed by atoms with Crippen LogP contribution in [-0.2, 0) is 6.54 Å². The fourth-order valence-corrected chi connectivity index (χ4v) is 1.60. The van der Waals surface area contributed by atoms with E-state index < -0.39 is 5.97 Å². The first-order valence-electron chi connectivity index (χ1n) is 5.49. The zero-order valence-corrected chi connectivity index (χ0v) is 9.87. The maximum Gasteiger partial charge on any atom is 0.337 e. The molecule has 0 radical (unpaired) electrons. The summed E-state index contributed by atoms with van der Waals surface area (Å²) < 4.78 is 3.70. The van der Waals surface area contributed by atoms with Gasteiger partial charge in [-0.25, -0.2) is 4.79 Å². The number of carboxylic acid groups (broad SMARTS) is 1. The Balaban J connectivity index is 2.11. The molecule has 2 heterocycles. The maximum absolute atomic E-state index is 10.7. The molecule has 0 aromatic carbocycles. The van der Waals surface area contributed by atoms with Gasteiger partial charge in [-0.05, 0) is 26.0 Å². The van der Waals surface area contributed by atoms with Crippen LogP contribution in [0.4, 0.5) is 0 Å². The second kappa shape index (κ2) is 4.45. The number of carbonyl (C=O) groups is 1. The zero-order chi connectivity index (χ0) is 12.4. The van der Waals surface area contributed by atoms with Crippen molar-refractivity contribution in [2.45, 2.75) is 26.4 Å². The molecule has 1 N–H and O–H groups in total. The highest BCUT2D eigenvalue weighted by molar-refractivity contribution is 5.87. The van der Waals surface area contributed by atoms with Gasteiger partial charge in [-0.1, -0.05) is 0 Å². The van der Waals surface area contributed by atoms with Gasteiger partial charge in [0.1, 0.15) is 0 Å². The average Bonchev–Trinajstić information content (AvgIpc) is 2.87. The molecule has 0 unspecified atom stereocenters. The molecule has 0 bridgehead atoms. The van der Waals surface area contributed by atoms with E-state index in [0.717, 1.165) is 5.69 Å². The molecule has 0 fully saturated rings. The summed E-state index contributed by atoms with van der Waals surface area (Å²) in [6, 6.07) is 3.87. The van der Waals surface area contributed by atoms with E-state index in [0.29, 0.717) is 18.2 Å². The van der Waals surface area contributed by atoms with Crippen molar-refractivity contribution in [3.63, 3.8) is 0 Å². The summed E-state index contributed by atoms with van der Waals surface area (Å²) in [4.78, 5) is 10.7. The molecule has 2 aromatic rings. The van der Waals surface area contributed by atoms with Crippen molar-refractivity contribution in [2.24, 2.45) is 0 Å². The molecule has 90 valence electrons. The van der Waals surface area contributed by atoms with E-state index in [-0.39, 0.29) is 0 Å². The third-order valence-electron chi connectivity index (χ3n) is 2.53. The van der Waals surface area contributed by atoms with Crippen LogP contribution in [-0.4, -0.2) is 25.4 Å². The van der Waals surface area contributed by atoms with Crippen LogP contribution >= 0.6 is 0 Å². The summed E-state index contributed by atoms with van der Waals surface area (Å²) in [6.45, 7) is 4.72. The Bertz CT molecular complexity index is 525. The molecule has 0 spiro atoms.